The molecule has 0 spiro atoms. The summed E-state index contributed by atoms with van der Waals surface area (Å²) in [5, 5.41) is 0. The first-order chi connectivity index (χ1) is 10.1. The van der Waals surface area contributed by atoms with Crippen LogP contribution in [0.15, 0.2) is 24.5 Å². The number of aromatic nitrogens is 3. The summed E-state index contributed by atoms with van der Waals surface area (Å²) in [5.41, 5.74) is 3.49. The molecule has 1 N–H and O–H groups in total. The van der Waals surface area contributed by atoms with Crippen molar-refractivity contribution in [1.82, 2.24) is 19.9 Å². The van der Waals surface area contributed by atoms with Gasteiger partial charge in [-0.1, -0.05) is 0 Å². The molecule has 0 saturated carbocycles. The van der Waals surface area contributed by atoms with Gasteiger partial charge in [0, 0.05) is 37.9 Å². The molecule has 1 aliphatic heterocycles. The van der Waals surface area contributed by atoms with Gasteiger partial charge in [0.1, 0.15) is 5.82 Å². The highest BCUT2D eigenvalue weighted by molar-refractivity contribution is 5.47. The minimum atomic E-state index is 0.397. The van der Waals surface area contributed by atoms with Gasteiger partial charge < -0.3 is 9.88 Å². The van der Waals surface area contributed by atoms with Crippen LogP contribution in [0.1, 0.15) is 36.1 Å². The Kier molecular flexibility index (Phi) is 3.92. The lowest BCUT2D eigenvalue weighted by atomic mass is 10.1. The first-order valence-electron chi connectivity index (χ1n) is 7.51. The van der Waals surface area contributed by atoms with Crippen molar-refractivity contribution in [3.63, 3.8) is 0 Å². The van der Waals surface area contributed by atoms with Crippen molar-refractivity contribution in [1.29, 1.82) is 0 Å². The molecule has 3 rings (SSSR count). The van der Waals surface area contributed by atoms with Crippen LogP contribution < -0.4 is 4.90 Å². The van der Waals surface area contributed by atoms with E-state index >= 15 is 0 Å². The van der Waals surface area contributed by atoms with Crippen LogP contribution in [0.4, 0.5) is 5.69 Å². The summed E-state index contributed by atoms with van der Waals surface area (Å²) < 4.78 is 0. The summed E-state index contributed by atoms with van der Waals surface area (Å²) in [7, 11) is 4.15. The van der Waals surface area contributed by atoms with Crippen molar-refractivity contribution in [2.75, 3.05) is 25.5 Å². The third-order valence-corrected chi connectivity index (χ3v) is 4.09. The van der Waals surface area contributed by atoms with Gasteiger partial charge in [0.25, 0.3) is 0 Å². The molecule has 21 heavy (non-hydrogen) atoms. The van der Waals surface area contributed by atoms with Gasteiger partial charge in [-0.15, -0.1) is 0 Å². The Bertz CT molecular complexity index is 591. The first-order valence-corrected chi connectivity index (χ1v) is 7.51. The van der Waals surface area contributed by atoms with Gasteiger partial charge in [-0.25, -0.2) is 4.98 Å². The molecule has 112 valence electrons. The average Bonchev–Trinajstić information content (AvgIpc) is 3.10. The monoisotopic (exact) mass is 285 g/mol. The number of nitrogens with zero attached hydrogens (tertiary/aromatic N) is 4. The summed E-state index contributed by atoms with van der Waals surface area (Å²) >= 11 is 0. The minimum Gasteiger partial charge on any atom is -0.378 e. The number of rotatable bonds is 4. The van der Waals surface area contributed by atoms with E-state index in [0.717, 1.165) is 24.6 Å². The molecule has 1 saturated heterocycles. The maximum atomic E-state index is 4.78. The van der Waals surface area contributed by atoms with Crippen LogP contribution in [0.3, 0.4) is 0 Å². The zero-order chi connectivity index (χ0) is 14.8. The lowest BCUT2D eigenvalue weighted by molar-refractivity contribution is 0.239. The highest BCUT2D eigenvalue weighted by atomic mass is 15.2. The molecule has 5 heteroatoms. The summed E-state index contributed by atoms with van der Waals surface area (Å²) in [5.74, 6) is 1.03. The Morgan fingerprint density at radius 2 is 2.24 bits per heavy atom. The third kappa shape index (κ3) is 3.08. The Labute approximate surface area is 126 Å². The first kappa shape index (κ1) is 14.1. The largest absolute Gasteiger partial charge is 0.378 e. The van der Waals surface area contributed by atoms with E-state index < -0.39 is 0 Å². The molecule has 2 aromatic heterocycles. The van der Waals surface area contributed by atoms with Crippen LogP contribution in [0.5, 0.6) is 0 Å². The Morgan fingerprint density at radius 3 is 2.95 bits per heavy atom. The van der Waals surface area contributed by atoms with Gasteiger partial charge in [-0.3, -0.25) is 9.88 Å². The number of aryl methyl sites for hydroxylation is 1. The Morgan fingerprint density at radius 1 is 1.38 bits per heavy atom. The molecule has 2 aromatic rings. The zero-order valence-electron chi connectivity index (χ0n) is 13.0. The smallest absolute Gasteiger partial charge is 0.120 e. The number of likely N-dealkylation sites (tertiary alicyclic amines) is 1. The van der Waals surface area contributed by atoms with Crippen LogP contribution in [0, 0.1) is 6.92 Å². The second-order valence-corrected chi connectivity index (χ2v) is 5.95. The Hall–Kier alpha value is -1.88. The van der Waals surface area contributed by atoms with Crippen molar-refractivity contribution in [2.24, 2.45) is 0 Å². The SMILES string of the molecule is Cc1cc(N(C)C)cc([C@H]2CCCN2Cc2ncc[nH]2)n1. The van der Waals surface area contributed by atoms with Gasteiger partial charge >= 0.3 is 0 Å². The highest BCUT2D eigenvalue weighted by Crippen LogP contribution is 2.33. The van der Waals surface area contributed by atoms with Gasteiger partial charge in [-0.05, 0) is 38.4 Å². The van der Waals surface area contributed by atoms with Crippen LogP contribution in [-0.4, -0.2) is 40.5 Å². The van der Waals surface area contributed by atoms with E-state index in [1.165, 1.54) is 24.2 Å². The van der Waals surface area contributed by atoms with Gasteiger partial charge in [0.15, 0.2) is 0 Å². The maximum Gasteiger partial charge on any atom is 0.120 e. The predicted molar refractivity (Wildman–Crippen MR) is 84.3 cm³/mol. The molecular formula is C16H23N5. The number of hydrogen-bond donors (Lipinski definition) is 1. The predicted octanol–water partition coefficient (Wildman–Crippen LogP) is 2.52. The van der Waals surface area contributed by atoms with Crippen LogP contribution >= 0.6 is 0 Å². The van der Waals surface area contributed by atoms with Gasteiger partial charge in [-0.2, -0.15) is 0 Å². The summed E-state index contributed by atoms with van der Waals surface area (Å²) in [6.07, 6.45) is 6.09. The fourth-order valence-electron chi connectivity index (χ4n) is 3.03. The second kappa shape index (κ2) is 5.85. The number of nitrogens with one attached hydrogen (secondary N) is 1. The van der Waals surface area contributed by atoms with E-state index in [0.29, 0.717) is 6.04 Å². The van der Waals surface area contributed by atoms with Crippen LogP contribution in [-0.2, 0) is 6.54 Å². The molecule has 0 aliphatic carbocycles. The van der Waals surface area contributed by atoms with Crippen LogP contribution in [0.25, 0.3) is 0 Å². The number of aromatic amines is 1. The quantitative estimate of drug-likeness (QED) is 0.937. The third-order valence-electron chi connectivity index (χ3n) is 4.09. The molecular weight excluding hydrogens is 262 g/mol. The molecule has 3 heterocycles. The number of anilines is 1. The summed E-state index contributed by atoms with van der Waals surface area (Å²) in [4.78, 5) is 16.9. The fourth-order valence-corrected chi connectivity index (χ4v) is 3.03. The van der Waals surface area contributed by atoms with E-state index in [9.17, 15) is 0 Å². The normalized spacial score (nSPS) is 19.1. The lowest BCUT2D eigenvalue weighted by Crippen LogP contribution is -2.24. The number of imidazole rings is 1. The second-order valence-electron chi connectivity index (χ2n) is 5.95. The van der Waals surface area contributed by atoms with Crippen molar-refractivity contribution in [3.8, 4) is 0 Å². The molecule has 0 amide bonds. The number of pyridine rings is 1. The molecule has 5 nitrogen and oxygen atoms in total. The van der Waals surface area contributed by atoms with Gasteiger partial charge in [0.05, 0.1) is 18.3 Å². The van der Waals surface area contributed by atoms with Gasteiger partial charge in [0.2, 0.25) is 0 Å². The average molecular weight is 285 g/mol. The standard InChI is InChI=1S/C16H23N5/c1-12-9-13(20(2)3)10-14(19-12)15-5-4-8-21(15)11-16-17-6-7-18-16/h6-7,9-10,15H,4-5,8,11H2,1-3H3,(H,17,18)/t15-/m1/s1. The highest BCUT2D eigenvalue weighted by Gasteiger charge is 2.28. The molecule has 0 radical (unpaired) electrons. The molecule has 0 aromatic carbocycles. The van der Waals surface area contributed by atoms with Crippen molar-refractivity contribution in [3.05, 3.63) is 41.7 Å². The van der Waals surface area contributed by atoms with Crippen molar-refractivity contribution >= 4 is 5.69 Å². The molecule has 1 atom stereocenters. The zero-order valence-corrected chi connectivity index (χ0v) is 13.0. The fraction of sp³-hybridized carbons (Fsp3) is 0.500. The minimum absolute atomic E-state index is 0.397. The van der Waals surface area contributed by atoms with E-state index in [-0.39, 0.29) is 0 Å². The topological polar surface area (TPSA) is 48.0 Å². The maximum absolute atomic E-state index is 4.78. The molecule has 0 bridgehead atoms. The Balaban J connectivity index is 1.84. The lowest BCUT2D eigenvalue weighted by Gasteiger charge is -2.24. The van der Waals surface area contributed by atoms with Crippen LogP contribution in [0.2, 0.25) is 0 Å². The number of hydrogen-bond acceptors (Lipinski definition) is 4. The van der Waals surface area contributed by atoms with Crippen molar-refractivity contribution < 1.29 is 0 Å². The molecule has 0 unspecified atom stereocenters. The molecule has 1 fully saturated rings. The van der Waals surface area contributed by atoms with E-state index in [2.05, 4.69) is 52.9 Å². The van der Waals surface area contributed by atoms with E-state index in [1.807, 2.05) is 12.4 Å². The summed E-state index contributed by atoms with van der Waals surface area (Å²) in [6, 6.07) is 4.75. The summed E-state index contributed by atoms with van der Waals surface area (Å²) in [6.45, 7) is 4.05. The van der Waals surface area contributed by atoms with E-state index in [1.54, 1.807) is 0 Å². The van der Waals surface area contributed by atoms with Crippen molar-refractivity contribution in [2.45, 2.75) is 32.4 Å². The van der Waals surface area contributed by atoms with E-state index in [4.69, 9.17) is 4.98 Å². The molecule has 1 aliphatic rings. The number of H-pyrrole nitrogens is 1.